The summed E-state index contributed by atoms with van der Waals surface area (Å²) in [6.45, 7) is 6.43. The molecular formula is C16H23N3O. The predicted octanol–water partition coefficient (Wildman–Crippen LogP) is 2.42. The smallest absolute Gasteiger partial charge is 0.221 e. The third kappa shape index (κ3) is 4.38. The first-order valence-corrected chi connectivity index (χ1v) is 7.18. The van der Waals surface area contributed by atoms with Crippen LogP contribution in [0, 0.1) is 5.92 Å². The fraction of sp³-hybridized carbons (Fsp3) is 0.438. The summed E-state index contributed by atoms with van der Waals surface area (Å²) in [7, 11) is 0. The highest BCUT2D eigenvalue weighted by molar-refractivity contribution is 5.79. The molecule has 2 rings (SSSR count). The van der Waals surface area contributed by atoms with Gasteiger partial charge in [0.1, 0.15) is 0 Å². The number of carbonyl (C=O) groups is 1. The molecule has 3 N–H and O–H groups in total. The van der Waals surface area contributed by atoms with Crippen LogP contribution in [0.15, 0.2) is 30.5 Å². The van der Waals surface area contributed by atoms with Crippen molar-refractivity contribution in [3.63, 3.8) is 0 Å². The second-order valence-electron chi connectivity index (χ2n) is 5.52. The molecule has 0 saturated carbocycles. The van der Waals surface area contributed by atoms with Crippen LogP contribution in [0.2, 0.25) is 0 Å². The molecule has 1 heterocycles. The zero-order chi connectivity index (χ0) is 14.4. The van der Waals surface area contributed by atoms with Crippen molar-refractivity contribution in [1.82, 2.24) is 15.6 Å². The highest BCUT2D eigenvalue weighted by Crippen LogP contribution is 2.13. The summed E-state index contributed by atoms with van der Waals surface area (Å²) in [6, 6.07) is 8.42. The Morgan fingerprint density at radius 1 is 1.30 bits per heavy atom. The molecule has 4 heteroatoms. The highest BCUT2D eigenvalue weighted by atomic mass is 16.1. The number of hydrogen-bond acceptors (Lipinski definition) is 2. The van der Waals surface area contributed by atoms with Gasteiger partial charge in [-0.2, -0.15) is 0 Å². The Kier molecular flexibility index (Phi) is 5.18. The van der Waals surface area contributed by atoms with E-state index in [4.69, 9.17) is 0 Å². The van der Waals surface area contributed by atoms with Crippen LogP contribution >= 0.6 is 0 Å². The molecule has 0 unspecified atom stereocenters. The number of aromatic nitrogens is 1. The van der Waals surface area contributed by atoms with Crippen LogP contribution in [-0.2, 0) is 11.3 Å². The molecule has 0 aliphatic rings. The summed E-state index contributed by atoms with van der Waals surface area (Å²) in [5, 5.41) is 7.45. The Morgan fingerprint density at radius 3 is 2.95 bits per heavy atom. The van der Waals surface area contributed by atoms with Gasteiger partial charge in [0.05, 0.1) is 0 Å². The standard InChI is InChI=1S/C16H23N3O/c1-12(2)10-19-16(20)6-7-17-11-13-3-4-15-14(9-13)5-8-18-15/h3-5,8-9,12,17-18H,6-7,10-11H2,1-2H3,(H,19,20). The second kappa shape index (κ2) is 7.10. The number of hydrogen-bond donors (Lipinski definition) is 3. The van der Waals surface area contributed by atoms with Crippen molar-refractivity contribution in [3.05, 3.63) is 36.0 Å². The third-order valence-electron chi connectivity index (χ3n) is 3.18. The molecule has 2 aromatic rings. The Hall–Kier alpha value is -1.81. The van der Waals surface area contributed by atoms with Crippen LogP contribution in [0.1, 0.15) is 25.8 Å². The van der Waals surface area contributed by atoms with Gasteiger partial charge in [-0.3, -0.25) is 4.79 Å². The monoisotopic (exact) mass is 273 g/mol. The summed E-state index contributed by atoms with van der Waals surface area (Å²) in [4.78, 5) is 14.7. The SMILES string of the molecule is CC(C)CNC(=O)CCNCc1ccc2[nH]ccc2c1. The largest absolute Gasteiger partial charge is 0.361 e. The molecule has 4 nitrogen and oxygen atoms in total. The molecule has 0 aliphatic heterocycles. The maximum atomic E-state index is 11.5. The van der Waals surface area contributed by atoms with Crippen LogP contribution in [0.5, 0.6) is 0 Å². The lowest BCUT2D eigenvalue weighted by Crippen LogP contribution is -2.30. The van der Waals surface area contributed by atoms with E-state index in [1.54, 1.807) is 0 Å². The maximum Gasteiger partial charge on any atom is 0.221 e. The molecular weight excluding hydrogens is 250 g/mol. The number of benzene rings is 1. The lowest BCUT2D eigenvalue weighted by molar-refractivity contribution is -0.121. The Labute approximate surface area is 120 Å². The minimum absolute atomic E-state index is 0.118. The molecule has 20 heavy (non-hydrogen) atoms. The fourth-order valence-corrected chi connectivity index (χ4v) is 2.05. The Balaban J connectivity index is 1.69. The highest BCUT2D eigenvalue weighted by Gasteiger charge is 2.02. The van der Waals surface area contributed by atoms with E-state index < -0.39 is 0 Å². The van der Waals surface area contributed by atoms with E-state index in [9.17, 15) is 4.79 Å². The van der Waals surface area contributed by atoms with E-state index in [1.165, 1.54) is 10.9 Å². The van der Waals surface area contributed by atoms with Crippen molar-refractivity contribution in [3.8, 4) is 0 Å². The number of H-pyrrole nitrogens is 1. The molecule has 0 radical (unpaired) electrons. The molecule has 1 aromatic heterocycles. The van der Waals surface area contributed by atoms with Crippen molar-refractivity contribution >= 4 is 16.8 Å². The number of amides is 1. The fourth-order valence-electron chi connectivity index (χ4n) is 2.05. The normalized spacial score (nSPS) is 11.2. The number of nitrogens with one attached hydrogen (secondary N) is 3. The van der Waals surface area contributed by atoms with Crippen molar-refractivity contribution in [2.45, 2.75) is 26.8 Å². The van der Waals surface area contributed by atoms with Gasteiger partial charge >= 0.3 is 0 Å². The Morgan fingerprint density at radius 2 is 2.15 bits per heavy atom. The van der Waals surface area contributed by atoms with Gasteiger partial charge in [0, 0.05) is 37.8 Å². The molecule has 0 fully saturated rings. The van der Waals surface area contributed by atoms with E-state index in [2.05, 4.69) is 53.7 Å². The van der Waals surface area contributed by atoms with Crippen LogP contribution in [-0.4, -0.2) is 24.0 Å². The van der Waals surface area contributed by atoms with E-state index in [1.807, 2.05) is 6.20 Å². The van der Waals surface area contributed by atoms with Gasteiger partial charge in [-0.15, -0.1) is 0 Å². The molecule has 1 aromatic carbocycles. The van der Waals surface area contributed by atoms with Gasteiger partial charge in [-0.25, -0.2) is 0 Å². The van der Waals surface area contributed by atoms with Crippen LogP contribution < -0.4 is 10.6 Å². The van der Waals surface area contributed by atoms with Crippen LogP contribution in [0.3, 0.4) is 0 Å². The molecule has 0 saturated heterocycles. The topological polar surface area (TPSA) is 56.9 Å². The lowest BCUT2D eigenvalue weighted by Gasteiger charge is -2.08. The molecule has 0 atom stereocenters. The van der Waals surface area contributed by atoms with E-state index in [0.29, 0.717) is 18.9 Å². The van der Waals surface area contributed by atoms with Gasteiger partial charge in [0.15, 0.2) is 0 Å². The number of carbonyl (C=O) groups excluding carboxylic acids is 1. The van der Waals surface area contributed by atoms with Gasteiger partial charge < -0.3 is 15.6 Å². The number of aromatic amines is 1. The van der Waals surface area contributed by atoms with E-state index >= 15 is 0 Å². The van der Waals surface area contributed by atoms with Gasteiger partial charge in [0.25, 0.3) is 0 Å². The first-order chi connectivity index (χ1) is 9.65. The average molecular weight is 273 g/mol. The Bertz CT molecular complexity index is 560. The minimum Gasteiger partial charge on any atom is -0.361 e. The summed E-state index contributed by atoms with van der Waals surface area (Å²) in [6.07, 6.45) is 2.47. The molecule has 0 aliphatic carbocycles. The minimum atomic E-state index is 0.118. The summed E-state index contributed by atoms with van der Waals surface area (Å²) in [5.41, 5.74) is 2.39. The predicted molar refractivity (Wildman–Crippen MR) is 82.5 cm³/mol. The van der Waals surface area contributed by atoms with Crippen molar-refractivity contribution in [2.75, 3.05) is 13.1 Å². The van der Waals surface area contributed by atoms with Gasteiger partial charge in [-0.1, -0.05) is 19.9 Å². The van der Waals surface area contributed by atoms with Crippen LogP contribution in [0.25, 0.3) is 10.9 Å². The van der Waals surface area contributed by atoms with Gasteiger partial charge in [0.2, 0.25) is 5.91 Å². The lowest BCUT2D eigenvalue weighted by atomic mass is 10.1. The summed E-state index contributed by atoms with van der Waals surface area (Å²) < 4.78 is 0. The molecule has 1 amide bonds. The first-order valence-electron chi connectivity index (χ1n) is 7.18. The zero-order valence-corrected chi connectivity index (χ0v) is 12.2. The quantitative estimate of drug-likeness (QED) is 0.679. The van der Waals surface area contributed by atoms with Gasteiger partial charge in [-0.05, 0) is 35.1 Å². The van der Waals surface area contributed by atoms with Crippen molar-refractivity contribution < 1.29 is 4.79 Å². The summed E-state index contributed by atoms with van der Waals surface area (Å²) >= 11 is 0. The average Bonchev–Trinajstić information content (AvgIpc) is 2.88. The van der Waals surface area contributed by atoms with Crippen molar-refractivity contribution in [1.29, 1.82) is 0 Å². The zero-order valence-electron chi connectivity index (χ0n) is 12.2. The van der Waals surface area contributed by atoms with E-state index in [0.717, 1.165) is 18.6 Å². The van der Waals surface area contributed by atoms with E-state index in [-0.39, 0.29) is 5.91 Å². The molecule has 0 spiro atoms. The number of rotatable bonds is 7. The first kappa shape index (κ1) is 14.6. The molecule has 0 bridgehead atoms. The summed E-state index contributed by atoms with van der Waals surface area (Å²) in [5.74, 6) is 0.618. The second-order valence-corrected chi connectivity index (χ2v) is 5.52. The van der Waals surface area contributed by atoms with Crippen molar-refractivity contribution in [2.24, 2.45) is 5.92 Å². The number of fused-ring (bicyclic) bond motifs is 1. The molecule has 108 valence electrons. The maximum absolute atomic E-state index is 11.5. The third-order valence-corrected chi connectivity index (χ3v) is 3.18. The van der Waals surface area contributed by atoms with Crippen LogP contribution in [0.4, 0.5) is 0 Å².